The smallest absolute Gasteiger partial charge is 0.365 e. The minimum atomic E-state index is -5.50. The molecule has 1 aromatic heterocycles. The number of anilines is 2. The maximum Gasteiger partial charge on any atom is 0.501 e. The highest BCUT2D eigenvalue weighted by Crippen LogP contribution is 2.35. The third-order valence-electron chi connectivity index (χ3n) is 5.83. The van der Waals surface area contributed by atoms with Gasteiger partial charge in [-0.2, -0.15) is 18.3 Å². The number of nitrogens with two attached hydrogens (primary N) is 1. The van der Waals surface area contributed by atoms with Crippen LogP contribution in [0.1, 0.15) is 35.7 Å². The molecule has 1 heterocycles. The number of hydrogen-bond acceptors (Lipinski definition) is 7. The Morgan fingerprint density at radius 1 is 1.28 bits per heavy atom. The number of benzene rings is 1. The summed E-state index contributed by atoms with van der Waals surface area (Å²) >= 11 is 0. The van der Waals surface area contributed by atoms with Crippen molar-refractivity contribution < 1.29 is 35.2 Å². The number of rotatable bonds is 9. The molecule has 0 bridgehead atoms. The van der Waals surface area contributed by atoms with E-state index < -0.39 is 39.1 Å². The van der Waals surface area contributed by atoms with Gasteiger partial charge in [-0.25, -0.2) is 17.2 Å². The third-order valence-corrected chi connectivity index (χ3v) is 7.33. The number of primary amides is 1. The number of nitrogens with zero attached hydrogens (tertiary/aromatic N) is 3. The summed E-state index contributed by atoms with van der Waals surface area (Å²) in [7, 11) is -3.92. The number of halogens is 5. The highest BCUT2D eigenvalue weighted by Gasteiger charge is 2.46. The lowest BCUT2D eigenvalue weighted by Gasteiger charge is -2.34. The van der Waals surface area contributed by atoms with E-state index >= 15 is 0 Å². The van der Waals surface area contributed by atoms with Crippen LogP contribution in [0.3, 0.4) is 0 Å². The van der Waals surface area contributed by atoms with Crippen LogP contribution in [0.15, 0.2) is 40.4 Å². The monoisotopic (exact) mass is 536 g/mol. The van der Waals surface area contributed by atoms with Crippen LogP contribution in [-0.4, -0.2) is 61.9 Å². The Morgan fingerprint density at radius 2 is 1.94 bits per heavy atom. The fourth-order valence-electron chi connectivity index (χ4n) is 4.13. The van der Waals surface area contributed by atoms with E-state index in [1.807, 2.05) is 0 Å². The number of nitrogens with one attached hydrogen (secondary N) is 2. The van der Waals surface area contributed by atoms with Crippen molar-refractivity contribution >= 4 is 33.5 Å². The number of carbonyl (C=O) groups excluding carboxylic acids is 1. The highest BCUT2D eigenvalue weighted by molar-refractivity contribution is 7.92. The summed E-state index contributed by atoms with van der Waals surface area (Å²) in [5.41, 5.74) is 0.224. The van der Waals surface area contributed by atoms with Crippen LogP contribution >= 0.6 is 0 Å². The first-order chi connectivity index (χ1) is 16.8. The number of aromatic nitrogens is 2. The van der Waals surface area contributed by atoms with Gasteiger partial charge in [0, 0.05) is 37.1 Å². The quantitative estimate of drug-likeness (QED) is 0.333. The summed E-state index contributed by atoms with van der Waals surface area (Å²) in [4.78, 5) is 15.2. The van der Waals surface area contributed by atoms with Gasteiger partial charge in [-0.05, 0) is 43.5 Å². The first-order valence-corrected chi connectivity index (χ1v) is 12.3. The molecule has 36 heavy (non-hydrogen) atoms. The van der Waals surface area contributed by atoms with Crippen molar-refractivity contribution in [3.05, 3.63) is 36.0 Å². The van der Waals surface area contributed by atoms with Gasteiger partial charge in [-0.3, -0.25) is 9.48 Å². The number of aliphatic imine (C=N–C) groups is 1. The van der Waals surface area contributed by atoms with Gasteiger partial charge in [0.05, 0.1) is 17.5 Å². The summed E-state index contributed by atoms with van der Waals surface area (Å²) in [5.74, 6) is -0.966. The van der Waals surface area contributed by atoms with E-state index in [2.05, 4.69) is 20.7 Å². The summed E-state index contributed by atoms with van der Waals surface area (Å²) in [6.45, 7) is -0.421. The van der Waals surface area contributed by atoms with Crippen LogP contribution in [0.25, 0.3) is 0 Å². The summed E-state index contributed by atoms with van der Waals surface area (Å²) in [6.07, 6.45) is 2.29. The second-order valence-electron chi connectivity index (χ2n) is 8.28. The van der Waals surface area contributed by atoms with Gasteiger partial charge in [0.15, 0.2) is 5.82 Å². The molecule has 2 aromatic rings. The van der Waals surface area contributed by atoms with Crippen molar-refractivity contribution in [1.29, 1.82) is 0 Å². The van der Waals surface area contributed by atoms with Crippen molar-refractivity contribution in [2.75, 3.05) is 18.9 Å². The van der Waals surface area contributed by atoms with Crippen LogP contribution in [0, 0.1) is 5.92 Å². The zero-order chi connectivity index (χ0) is 26.7. The molecule has 3 atom stereocenters. The topological polar surface area (TPSA) is 131 Å². The minimum Gasteiger partial charge on any atom is -0.365 e. The lowest BCUT2D eigenvalue weighted by Crippen LogP contribution is -2.41. The molecule has 3 rings (SSSR count). The predicted molar refractivity (Wildman–Crippen MR) is 122 cm³/mol. The van der Waals surface area contributed by atoms with Crippen LogP contribution in [0.5, 0.6) is 0 Å². The third kappa shape index (κ3) is 6.19. The number of carbonyl (C=O) groups is 1. The molecule has 1 fully saturated rings. The van der Waals surface area contributed by atoms with E-state index in [-0.39, 0.29) is 35.1 Å². The molecule has 1 saturated carbocycles. The summed E-state index contributed by atoms with van der Waals surface area (Å²) in [5, 5.41) is 10.0. The highest BCUT2D eigenvalue weighted by atomic mass is 32.2. The summed E-state index contributed by atoms with van der Waals surface area (Å²) in [6, 6.07) is 3.38. The van der Waals surface area contributed by atoms with E-state index in [0.717, 1.165) is 24.3 Å². The Balaban J connectivity index is 1.83. The van der Waals surface area contributed by atoms with Gasteiger partial charge in [0.1, 0.15) is 5.56 Å². The number of sulfone groups is 1. The zero-order valence-electron chi connectivity index (χ0n) is 19.0. The molecule has 0 saturated heterocycles. The van der Waals surface area contributed by atoms with Crippen LogP contribution in [0.2, 0.25) is 0 Å². The Labute approximate surface area is 203 Å². The molecule has 4 N–H and O–H groups in total. The summed E-state index contributed by atoms with van der Waals surface area (Å²) < 4.78 is 88.1. The Bertz CT molecular complexity index is 1200. The first kappa shape index (κ1) is 27.5. The second kappa shape index (κ2) is 10.9. The van der Waals surface area contributed by atoms with Crippen molar-refractivity contribution in [2.45, 2.75) is 48.2 Å². The molecule has 1 amide bonds. The predicted octanol–water partition coefficient (Wildman–Crippen LogP) is 3.28. The molecular weight excluding hydrogens is 511 g/mol. The van der Waals surface area contributed by atoms with E-state index in [1.54, 1.807) is 13.3 Å². The van der Waals surface area contributed by atoms with Crippen LogP contribution < -0.4 is 16.4 Å². The standard InChI is InChI=1S/C21H25F5N6O3S/c1-28-9-12-8-14(29-10-18(22)23)4-7-17(12)32-11-16(19(27)33)20(31-32)30-13-2-5-15(6-3-13)36(34,35)21(24,25)26/h2-3,5-6,9,11-12,14,17-18,29H,4,7-8,10H2,1H3,(H2,27,33)(H,30,31)/t12-,14?,17+/m1/s1. The van der Waals surface area contributed by atoms with Gasteiger partial charge in [-0.15, -0.1) is 0 Å². The zero-order valence-corrected chi connectivity index (χ0v) is 19.9. The number of amides is 1. The second-order valence-corrected chi connectivity index (χ2v) is 10.2. The van der Waals surface area contributed by atoms with Crippen molar-refractivity contribution in [2.24, 2.45) is 16.6 Å². The molecule has 198 valence electrons. The van der Waals surface area contributed by atoms with Gasteiger partial charge in [0.2, 0.25) is 0 Å². The Hall–Kier alpha value is -3.07. The Kier molecular flexibility index (Phi) is 8.33. The molecule has 1 unspecified atom stereocenters. The van der Waals surface area contributed by atoms with Crippen LogP contribution in [-0.2, 0) is 9.84 Å². The average Bonchev–Trinajstić information content (AvgIpc) is 3.21. The molecule has 0 aliphatic heterocycles. The number of hydrogen-bond donors (Lipinski definition) is 3. The number of alkyl halides is 5. The van der Waals surface area contributed by atoms with E-state index in [9.17, 15) is 35.2 Å². The first-order valence-electron chi connectivity index (χ1n) is 10.8. The van der Waals surface area contributed by atoms with Crippen molar-refractivity contribution in [3.8, 4) is 0 Å². The molecule has 0 spiro atoms. The fourth-order valence-corrected chi connectivity index (χ4v) is 4.89. The minimum absolute atomic E-state index is 0.00660. The van der Waals surface area contributed by atoms with E-state index in [0.29, 0.717) is 19.3 Å². The largest absolute Gasteiger partial charge is 0.501 e. The van der Waals surface area contributed by atoms with Crippen LogP contribution in [0.4, 0.5) is 33.5 Å². The van der Waals surface area contributed by atoms with E-state index in [1.165, 1.54) is 10.9 Å². The molecule has 1 aliphatic rings. The molecule has 0 radical (unpaired) electrons. The molecule has 1 aliphatic carbocycles. The molecule has 9 nitrogen and oxygen atoms in total. The van der Waals surface area contributed by atoms with E-state index in [4.69, 9.17) is 5.73 Å². The van der Waals surface area contributed by atoms with Gasteiger partial charge in [0.25, 0.3) is 22.2 Å². The Morgan fingerprint density at radius 3 is 2.50 bits per heavy atom. The normalized spacial score (nSPS) is 21.2. The SMILES string of the molecule is CN=C[C@H]1CC(NCC(F)F)CC[C@@H]1n1cc(C(N)=O)c(Nc2ccc(S(=O)(=O)C(F)(F)F)cc2)n1. The van der Waals surface area contributed by atoms with Crippen molar-refractivity contribution in [3.63, 3.8) is 0 Å². The molecular formula is C21H25F5N6O3S. The van der Waals surface area contributed by atoms with Gasteiger partial charge in [-0.1, -0.05) is 0 Å². The van der Waals surface area contributed by atoms with Gasteiger partial charge < -0.3 is 21.4 Å². The fraction of sp³-hybridized carbons (Fsp3) is 0.476. The lowest BCUT2D eigenvalue weighted by atomic mass is 9.82. The molecule has 15 heteroatoms. The maximum atomic E-state index is 12.8. The molecule has 1 aromatic carbocycles. The van der Waals surface area contributed by atoms with Gasteiger partial charge >= 0.3 is 5.51 Å². The maximum absolute atomic E-state index is 12.8. The lowest BCUT2D eigenvalue weighted by molar-refractivity contribution is -0.0436. The van der Waals surface area contributed by atoms with Crippen molar-refractivity contribution in [1.82, 2.24) is 15.1 Å². The average molecular weight is 537 g/mol.